The van der Waals surface area contributed by atoms with E-state index in [1.807, 2.05) is 13.2 Å². The van der Waals surface area contributed by atoms with Crippen molar-refractivity contribution in [3.05, 3.63) is 34.6 Å². The molecule has 6 nitrogen and oxygen atoms in total. The van der Waals surface area contributed by atoms with Crippen molar-refractivity contribution in [1.82, 2.24) is 24.6 Å². The average molecular weight is 308 g/mol. The zero-order valence-electron chi connectivity index (χ0n) is 12.1. The maximum absolute atomic E-state index is 12.7. The van der Waals surface area contributed by atoms with Gasteiger partial charge < -0.3 is 9.47 Å². The number of carbonyl (C=O) groups excluding carboxylic acids is 1. The number of nitrogens with one attached hydrogen (secondary N) is 1. The number of aromatic nitrogens is 4. The Morgan fingerprint density at radius 3 is 3.10 bits per heavy atom. The number of imidazole rings is 1. The maximum Gasteiger partial charge on any atom is 0.231 e. The summed E-state index contributed by atoms with van der Waals surface area (Å²) in [5.41, 5.74) is 2.13. The van der Waals surface area contributed by atoms with Gasteiger partial charge in [-0.2, -0.15) is 5.10 Å². The summed E-state index contributed by atoms with van der Waals surface area (Å²) in [6, 6.07) is 0. The monoisotopic (exact) mass is 307 g/mol. The minimum atomic E-state index is -0.128. The zero-order valence-corrected chi connectivity index (χ0v) is 12.9. The summed E-state index contributed by atoms with van der Waals surface area (Å²) in [5, 5.41) is 7.62. The minimum Gasteiger partial charge on any atom is -0.338 e. The van der Waals surface area contributed by atoms with Crippen molar-refractivity contribution < 1.29 is 4.79 Å². The quantitative estimate of drug-likeness (QED) is 0.941. The highest BCUT2D eigenvalue weighted by Gasteiger charge is 2.30. The molecule has 112 valence electrons. The topological polar surface area (TPSA) is 66.8 Å². The standard InChI is InChI=1S/C14H18ClN5O/c1-19(8-12-16-7-11(15)20(12)2)14(21)10-5-3-4-9-6-17-18-13(9)10/h6-7,10H,3-5,8H2,1-2H3,(H,17,18). The number of hydrogen-bond donors (Lipinski definition) is 1. The van der Waals surface area contributed by atoms with E-state index >= 15 is 0 Å². The fourth-order valence-corrected chi connectivity index (χ4v) is 2.98. The number of rotatable bonds is 3. The highest BCUT2D eigenvalue weighted by Crippen LogP contribution is 2.31. The molecular formula is C14H18ClN5O. The molecule has 1 unspecified atom stereocenters. The average Bonchev–Trinajstić information content (AvgIpc) is 3.08. The molecule has 0 saturated carbocycles. The number of fused-ring (bicyclic) bond motifs is 1. The van der Waals surface area contributed by atoms with Gasteiger partial charge in [-0.25, -0.2) is 4.98 Å². The number of aromatic amines is 1. The fourth-order valence-electron chi connectivity index (χ4n) is 2.84. The SMILES string of the molecule is CN(Cc1ncc(Cl)n1C)C(=O)C1CCCc2cn[nH]c21. The van der Waals surface area contributed by atoms with Crippen LogP contribution in [0.15, 0.2) is 12.4 Å². The molecule has 1 aliphatic rings. The van der Waals surface area contributed by atoms with Crippen molar-refractivity contribution in [2.45, 2.75) is 31.7 Å². The third-order valence-corrected chi connectivity index (χ3v) is 4.47. The Balaban J connectivity index is 1.75. The molecule has 2 heterocycles. The Bertz CT molecular complexity index is 662. The lowest BCUT2D eigenvalue weighted by Gasteiger charge is -2.26. The summed E-state index contributed by atoms with van der Waals surface area (Å²) < 4.78 is 1.79. The lowest BCUT2D eigenvalue weighted by Crippen LogP contribution is -2.33. The van der Waals surface area contributed by atoms with Gasteiger partial charge in [0, 0.05) is 14.1 Å². The molecule has 21 heavy (non-hydrogen) atoms. The van der Waals surface area contributed by atoms with Crippen molar-refractivity contribution >= 4 is 17.5 Å². The van der Waals surface area contributed by atoms with E-state index < -0.39 is 0 Å². The molecule has 2 aromatic heterocycles. The van der Waals surface area contributed by atoms with Gasteiger partial charge in [-0.3, -0.25) is 9.89 Å². The van der Waals surface area contributed by atoms with Gasteiger partial charge in [0.05, 0.1) is 30.6 Å². The molecular weight excluding hydrogens is 290 g/mol. The molecule has 1 N–H and O–H groups in total. The van der Waals surface area contributed by atoms with Crippen LogP contribution < -0.4 is 0 Å². The minimum absolute atomic E-state index is 0.0966. The van der Waals surface area contributed by atoms with Gasteiger partial charge in [0.25, 0.3) is 0 Å². The molecule has 0 fully saturated rings. The van der Waals surface area contributed by atoms with E-state index in [9.17, 15) is 4.79 Å². The Labute approximate surface area is 128 Å². The highest BCUT2D eigenvalue weighted by molar-refractivity contribution is 6.29. The number of hydrogen-bond acceptors (Lipinski definition) is 3. The van der Waals surface area contributed by atoms with Crippen LogP contribution in [-0.2, 0) is 24.8 Å². The number of carbonyl (C=O) groups is 1. The number of likely N-dealkylation sites (N-methyl/N-ethyl adjacent to an activating group) is 1. The summed E-state index contributed by atoms with van der Waals surface area (Å²) >= 11 is 5.98. The molecule has 0 saturated heterocycles. The van der Waals surface area contributed by atoms with Crippen molar-refractivity contribution in [2.24, 2.45) is 7.05 Å². The van der Waals surface area contributed by atoms with Crippen LogP contribution in [-0.4, -0.2) is 37.6 Å². The van der Waals surface area contributed by atoms with Crippen LogP contribution in [0.4, 0.5) is 0 Å². The zero-order chi connectivity index (χ0) is 15.0. The Kier molecular flexibility index (Phi) is 3.71. The summed E-state index contributed by atoms with van der Waals surface area (Å²) in [5.74, 6) is 0.743. The lowest BCUT2D eigenvalue weighted by atomic mass is 9.87. The van der Waals surface area contributed by atoms with Crippen LogP contribution in [0, 0.1) is 0 Å². The molecule has 3 rings (SSSR count). The second kappa shape index (κ2) is 5.52. The molecule has 2 aromatic rings. The smallest absolute Gasteiger partial charge is 0.231 e. The number of amides is 1. The van der Waals surface area contributed by atoms with Crippen molar-refractivity contribution in [2.75, 3.05) is 7.05 Å². The first-order valence-corrected chi connectivity index (χ1v) is 7.39. The first-order valence-electron chi connectivity index (χ1n) is 7.01. The van der Waals surface area contributed by atoms with Crippen LogP contribution in [0.3, 0.4) is 0 Å². The van der Waals surface area contributed by atoms with Crippen molar-refractivity contribution in [3.8, 4) is 0 Å². The van der Waals surface area contributed by atoms with Crippen molar-refractivity contribution in [1.29, 1.82) is 0 Å². The summed E-state index contributed by atoms with van der Waals surface area (Å²) in [7, 11) is 3.64. The van der Waals surface area contributed by atoms with Crippen LogP contribution in [0.5, 0.6) is 0 Å². The van der Waals surface area contributed by atoms with Crippen LogP contribution in [0.2, 0.25) is 5.15 Å². The van der Waals surface area contributed by atoms with E-state index in [4.69, 9.17) is 11.6 Å². The van der Waals surface area contributed by atoms with E-state index in [0.29, 0.717) is 11.7 Å². The van der Waals surface area contributed by atoms with E-state index in [1.165, 1.54) is 0 Å². The molecule has 1 aliphatic carbocycles. The number of halogens is 1. The van der Waals surface area contributed by atoms with E-state index in [1.54, 1.807) is 22.7 Å². The summed E-state index contributed by atoms with van der Waals surface area (Å²) in [6.45, 7) is 0.446. The van der Waals surface area contributed by atoms with Crippen LogP contribution in [0.25, 0.3) is 0 Å². The van der Waals surface area contributed by atoms with Gasteiger partial charge in [0.1, 0.15) is 11.0 Å². The maximum atomic E-state index is 12.7. The number of H-pyrrole nitrogens is 1. The fraction of sp³-hybridized carbons (Fsp3) is 0.500. The predicted octanol–water partition coefficient (Wildman–Crippen LogP) is 1.88. The number of nitrogens with zero attached hydrogens (tertiary/aromatic N) is 4. The number of aryl methyl sites for hydroxylation is 1. The molecule has 0 spiro atoms. The Morgan fingerprint density at radius 2 is 2.38 bits per heavy atom. The van der Waals surface area contributed by atoms with Crippen LogP contribution in [0.1, 0.15) is 35.8 Å². The third-order valence-electron chi connectivity index (χ3n) is 4.12. The normalized spacial score (nSPS) is 17.6. The van der Waals surface area contributed by atoms with E-state index in [2.05, 4.69) is 15.2 Å². The van der Waals surface area contributed by atoms with Gasteiger partial charge in [-0.05, 0) is 24.8 Å². The molecule has 0 radical (unpaired) electrons. The Hall–Kier alpha value is -1.82. The van der Waals surface area contributed by atoms with Gasteiger partial charge >= 0.3 is 0 Å². The largest absolute Gasteiger partial charge is 0.338 e. The molecule has 0 aromatic carbocycles. The molecule has 7 heteroatoms. The second-order valence-electron chi connectivity index (χ2n) is 5.50. The Morgan fingerprint density at radius 1 is 1.57 bits per heavy atom. The van der Waals surface area contributed by atoms with Gasteiger partial charge in [-0.1, -0.05) is 11.6 Å². The molecule has 0 aliphatic heterocycles. The second-order valence-corrected chi connectivity index (χ2v) is 5.89. The molecule has 0 bridgehead atoms. The van der Waals surface area contributed by atoms with Gasteiger partial charge in [-0.15, -0.1) is 0 Å². The van der Waals surface area contributed by atoms with E-state index in [0.717, 1.165) is 36.3 Å². The van der Waals surface area contributed by atoms with Crippen LogP contribution >= 0.6 is 11.6 Å². The summed E-state index contributed by atoms with van der Waals surface area (Å²) in [6.07, 6.45) is 6.30. The van der Waals surface area contributed by atoms with Gasteiger partial charge in [0.15, 0.2) is 0 Å². The first-order chi connectivity index (χ1) is 10.1. The lowest BCUT2D eigenvalue weighted by molar-refractivity contribution is -0.132. The predicted molar refractivity (Wildman–Crippen MR) is 79.0 cm³/mol. The highest BCUT2D eigenvalue weighted by atomic mass is 35.5. The molecule has 1 atom stereocenters. The van der Waals surface area contributed by atoms with Crippen molar-refractivity contribution in [3.63, 3.8) is 0 Å². The van der Waals surface area contributed by atoms with E-state index in [-0.39, 0.29) is 11.8 Å². The van der Waals surface area contributed by atoms with Gasteiger partial charge in [0.2, 0.25) is 5.91 Å². The summed E-state index contributed by atoms with van der Waals surface area (Å²) in [4.78, 5) is 18.6. The third kappa shape index (κ3) is 2.55. The first kappa shape index (κ1) is 14.1. The molecule has 1 amide bonds.